The molecule has 1 heterocycles. The van der Waals surface area contributed by atoms with Crippen LogP contribution in [0.1, 0.15) is 11.7 Å². The molecule has 0 aliphatic carbocycles. The zero-order valence-electron chi connectivity index (χ0n) is 12.7. The molecule has 1 aliphatic rings. The third-order valence-electron chi connectivity index (χ3n) is 3.82. The Hall–Kier alpha value is -1.69. The molecule has 4 nitrogen and oxygen atoms in total. The summed E-state index contributed by atoms with van der Waals surface area (Å²) in [6.45, 7) is 2.53. The van der Waals surface area contributed by atoms with Gasteiger partial charge in [-0.05, 0) is 29.8 Å². The van der Waals surface area contributed by atoms with E-state index in [0.29, 0.717) is 13.2 Å². The summed E-state index contributed by atoms with van der Waals surface area (Å²) >= 11 is 3.39. The van der Waals surface area contributed by atoms with Crippen LogP contribution >= 0.6 is 15.9 Å². The summed E-state index contributed by atoms with van der Waals surface area (Å²) in [6.07, 6.45) is 0.0328. The van der Waals surface area contributed by atoms with Crippen molar-refractivity contribution in [2.45, 2.75) is 6.10 Å². The van der Waals surface area contributed by atoms with Gasteiger partial charge in [0.15, 0.2) is 0 Å². The fourth-order valence-electron chi connectivity index (χ4n) is 2.65. The van der Waals surface area contributed by atoms with Gasteiger partial charge in [0, 0.05) is 23.2 Å². The number of ether oxygens (including phenoxy) is 1. The minimum Gasteiger partial charge on any atom is -0.371 e. The molecular formula is C18H19BrN2O2. The SMILES string of the molecule is O=C(CN1CCOC(c2ccccc2)C1)Nc1ccc(Br)cc1. The molecule has 1 saturated heterocycles. The molecule has 0 radical (unpaired) electrons. The second-order valence-electron chi connectivity index (χ2n) is 5.56. The monoisotopic (exact) mass is 374 g/mol. The predicted molar refractivity (Wildman–Crippen MR) is 94.3 cm³/mol. The summed E-state index contributed by atoms with van der Waals surface area (Å²) in [6, 6.07) is 17.7. The average Bonchev–Trinajstić information content (AvgIpc) is 2.58. The van der Waals surface area contributed by atoms with Gasteiger partial charge < -0.3 is 10.1 Å². The molecule has 0 bridgehead atoms. The predicted octanol–water partition coefficient (Wildman–Crippen LogP) is 3.46. The summed E-state index contributed by atoms with van der Waals surface area (Å²) in [5.41, 5.74) is 1.97. The lowest BCUT2D eigenvalue weighted by atomic mass is 10.1. The number of halogens is 1. The summed E-state index contributed by atoms with van der Waals surface area (Å²) in [7, 11) is 0. The van der Waals surface area contributed by atoms with Crippen molar-refractivity contribution >= 4 is 27.5 Å². The van der Waals surface area contributed by atoms with Gasteiger partial charge in [0.05, 0.1) is 19.3 Å². The van der Waals surface area contributed by atoms with Crippen LogP contribution in [0.5, 0.6) is 0 Å². The molecule has 23 heavy (non-hydrogen) atoms. The molecule has 120 valence electrons. The van der Waals surface area contributed by atoms with Crippen LogP contribution in [0.2, 0.25) is 0 Å². The number of hydrogen-bond acceptors (Lipinski definition) is 3. The van der Waals surface area contributed by atoms with Crippen molar-refractivity contribution in [1.29, 1.82) is 0 Å². The molecule has 5 heteroatoms. The highest BCUT2D eigenvalue weighted by Gasteiger charge is 2.23. The van der Waals surface area contributed by atoms with E-state index in [1.165, 1.54) is 0 Å². The molecule has 1 amide bonds. The molecule has 3 rings (SSSR count). The molecule has 0 saturated carbocycles. The van der Waals surface area contributed by atoms with Gasteiger partial charge in [0.1, 0.15) is 0 Å². The third kappa shape index (κ3) is 4.64. The first kappa shape index (κ1) is 16.2. The maximum Gasteiger partial charge on any atom is 0.238 e. The summed E-state index contributed by atoms with van der Waals surface area (Å²) in [5.74, 6) is 0.000958. The molecule has 2 aromatic carbocycles. The summed E-state index contributed by atoms with van der Waals surface area (Å²) in [4.78, 5) is 14.3. The Morgan fingerprint density at radius 1 is 1.17 bits per heavy atom. The van der Waals surface area contributed by atoms with Gasteiger partial charge >= 0.3 is 0 Å². The molecule has 1 aliphatic heterocycles. The highest BCUT2D eigenvalue weighted by molar-refractivity contribution is 9.10. The van der Waals surface area contributed by atoms with E-state index < -0.39 is 0 Å². The van der Waals surface area contributed by atoms with E-state index in [9.17, 15) is 4.79 Å². The molecule has 1 fully saturated rings. The van der Waals surface area contributed by atoms with Crippen molar-refractivity contribution < 1.29 is 9.53 Å². The molecule has 1 N–H and O–H groups in total. The Morgan fingerprint density at radius 3 is 2.65 bits per heavy atom. The van der Waals surface area contributed by atoms with Gasteiger partial charge in [-0.15, -0.1) is 0 Å². The Balaban J connectivity index is 1.55. The van der Waals surface area contributed by atoms with E-state index in [0.717, 1.165) is 28.8 Å². The van der Waals surface area contributed by atoms with Crippen LogP contribution in [-0.2, 0) is 9.53 Å². The van der Waals surface area contributed by atoms with Gasteiger partial charge in [0.2, 0.25) is 5.91 Å². The minimum atomic E-state index is 0.000958. The van der Waals surface area contributed by atoms with Crippen LogP contribution in [0.15, 0.2) is 59.1 Å². The van der Waals surface area contributed by atoms with E-state index in [-0.39, 0.29) is 12.0 Å². The van der Waals surface area contributed by atoms with Crippen molar-refractivity contribution in [3.63, 3.8) is 0 Å². The number of amides is 1. The lowest BCUT2D eigenvalue weighted by molar-refractivity contribution is -0.119. The molecular weight excluding hydrogens is 356 g/mol. The molecule has 1 atom stereocenters. The van der Waals surface area contributed by atoms with E-state index in [2.05, 4.69) is 38.3 Å². The first-order valence-electron chi connectivity index (χ1n) is 7.65. The van der Waals surface area contributed by atoms with Crippen molar-refractivity contribution in [2.75, 3.05) is 31.6 Å². The van der Waals surface area contributed by atoms with Crippen LogP contribution in [-0.4, -0.2) is 37.0 Å². The van der Waals surface area contributed by atoms with Crippen molar-refractivity contribution in [3.8, 4) is 0 Å². The first-order valence-corrected chi connectivity index (χ1v) is 8.44. The smallest absolute Gasteiger partial charge is 0.238 e. The average molecular weight is 375 g/mol. The van der Waals surface area contributed by atoms with Crippen LogP contribution in [0.25, 0.3) is 0 Å². The maximum atomic E-state index is 12.2. The Labute approximate surface area is 144 Å². The maximum absolute atomic E-state index is 12.2. The normalized spacial score (nSPS) is 18.6. The molecule has 2 aromatic rings. The number of hydrogen-bond donors (Lipinski definition) is 1. The first-order chi connectivity index (χ1) is 11.2. The fourth-order valence-corrected chi connectivity index (χ4v) is 2.92. The molecule has 1 unspecified atom stereocenters. The topological polar surface area (TPSA) is 41.6 Å². The number of anilines is 1. The van der Waals surface area contributed by atoms with Crippen molar-refractivity contribution in [2.24, 2.45) is 0 Å². The van der Waals surface area contributed by atoms with Crippen LogP contribution in [0.3, 0.4) is 0 Å². The zero-order valence-corrected chi connectivity index (χ0v) is 14.3. The second kappa shape index (κ2) is 7.73. The third-order valence-corrected chi connectivity index (χ3v) is 4.35. The number of nitrogens with zero attached hydrogens (tertiary/aromatic N) is 1. The van der Waals surface area contributed by atoms with Gasteiger partial charge in [-0.3, -0.25) is 9.69 Å². The standard InChI is InChI=1S/C18H19BrN2O2/c19-15-6-8-16(9-7-15)20-18(22)13-21-10-11-23-17(12-21)14-4-2-1-3-5-14/h1-9,17H,10-13H2,(H,20,22). The molecule has 0 spiro atoms. The number of carbonyl (C=O) groups excluding carboxylic acids is 1. The van der Waals surface area contributed by atoms with Crippen LogP contribution < -0.4 is 5.32 Å². The highest BCUT2D eigenvalue weighted by Crippen LogP contribution is 2.21. The number of morpholine rings is 1. The zero-order chi connectivity index (χ0) is 16.1. The van der Waals surface area contributed by atoms with E-state index in [1.54, 1.807) is 0 Å². The van der Waals surface area contributed by atoms with Crippen LogP contribution in [0, 0.1) is 0 Å². The number of rotatable bonds is 4. The lowest BCUT2D eigenvalue weighted by Crippen LogP contribution is -2.42. The van der Waals surface area contributed by atoms with Gasteiger partial charge in [-0.25, -0.2) is 0 Å². The number of nitrogens with one attached hydrogen (secondary N) is 1. The van der Waals surface area contributed by atoms with Gasteiger partial charge in [-0.2, -0.15) is 0 Å². The number of carbonyl (C=O) groups is 1. The second-order valence-corrected chi connectivity index (χ2v) is 6.48. The molecule has 0 aromatic heterocycles. The van der Waals surface area contributed by atoms with E-state index >= 15 is 0 Å². The minimum absolute atomic E-state index is 0.000958. The Kier molecular flexibility index (Phi) is 5.43. The van der Waals surface area contributed by atoms with Crippen molar-refractivity contribution in [3.05, 3.63) is 64.6 Å². The van der Waals surface area contributed by atoms with Gasteiger partial charge in [-0.1, -0.05) is 46.3 Å². The quantitative estimate of drug-likeness (QED) is 0.890. The largest absolute Gasteiger partial charge is 0.371 e. The van der Waals surface area contributed by atoms with Gasteiger partial charge in [0.25, 0.3) is 0 Å². The Bertz CT molecular complexity index is 646. The van der Waals surface area contributed by atoms with E-state index in [1.807, 2.05) is 42.5 Å². The summed E-state index contributed by atoms with van der Waals surface area (Å²) < 4.78 is 6.82. The lowest BCUT2D eigenvalue weighted by Gasteiger charge is -2.32. The van der Waals surface area contributed by atoms with E-state index in [4.69, 9.17) is 4.74 Å². The number of benzene rings is 2. The van der Waals surface area contributed by atoms with Crippen molar-refractivity contribution in [1.82, 2.24) is 4.90 Å². The highest BCUT2D eigenvalue weighted by atomic mass is 79.9. The van der Waals surface area contributed by atoms with Crippen LogP contribution in [0.4, 0.5) is 5.69 Å². The fraction of sp³-hybridized carbons (Fsp3) is 0.278. The summed E-state index contributed by atoms with van der Waals surface area (Å²) in [5, 5.41) is 2.93. The Morgan fingerprint density at radius 2 is 1.91 bits per heavy atom.